The van der Waals surface area contributed by atoms with Crippen molar-refractivity contribution >= 4 is 21.5 Å². The van der Waals surface area contributed by atoms with Gasteiger partial charge in [0.05, 0.1) is 18.2 Å². The Hall–Kier alpha value is -3.98. The highest BCUT2D eigenvalue weighted by molar-refractivity contribution is 6.11. The third-order valence-corrected chi connectivity index (χ3v) is 5.71. The van der Waals surface area contributed by atoms with Gasteiger partial charge in [-0.15, -0.1) is 0 Å². The molecule has 39 heavy (non-hydrogen) atoms. The van der Waals surface area contributed by atoms with Gasteiger partial charge in [-0.2, -0.15) is 26.3 Å². The van der Waals surface area contributed by atoms with Gasteiger partial charge in [-0.3, -0.25) is 0 Å². The summed E-state index contributed by atoms with van der Waals surface area (Å²) >= 11 is 0. The van der Waals surface area contributed by atoms with Crippen molar-refractivity contribution in [1.82, 2.24) is 0 Å². The molecular weight excluding hydrogens is 574 g/mol. The van der Waals surface area contributed by atoms with Crippen LogP contribution in [0.3, 0.4) is 0 Å². The Kier molecular flexibility index (Phi) is 6.31. The van der Waals surface area contributed by atoms with Gasteiger partial charge >= 0.3 is 12.4 Å². The first-order valence-electron chi connectivity index (χ1n) is 9.89. The molecule has 4 aromatic rings. The van der Waals surface area contributed by atoms with E-state index in [1.807, 2.05) is 0 Å². The highest BCUT2D eigenvalue weighted by Crippen LogP contribution is 2.54. The van der Waals surface area contributed by atoms with E-state index in [-0.39, 0.29) is 6.07 Å². The SMILES string of the molecule is COc1c(C(F)(F)F)cc2c(F)c(F)c(F)c(F)c2c1-c1c(O)c(C(F)(F)F)cc2c(F)c(F)c(F)c(F)c12. The van der Waals surface area contributed by atoms with Gasteiger partial charge in [-0.1, -0.05) is 0 Å². The predicted octanol–water partition coefficient (Wildman–Crippen LogP) is 8.52. The number of rotatable bonds is 2. The molecule has 0 bridgehead atoms. The first-order chi connectivity index (χ1) is 17.9. The predicted molar refractivity (Wildman–Crippen MR) is 105 cm³/mol. The largest absolute Gasteiger partial charge is 0.507 e. The second-order valence-electron chi connectivity index (χ2n) is 7.83. The van der Waals surface area contributed by atoms with Crippen LogP contribution in [0.15, 0.2) is 12.1 Å². The second-order valence-corrected chi connectivity index (χ2v) is 7.83. The minimum atomic E-state index is -5.77. The monoisotopic (exact) mass is 580 g/mol. The van der Waals surface area contributed by atoms with Crippen LogP contribution in [0, 0.1) is 46.5 Å². The molecule has 0 amide bonds. The summed E-state index contributed by atoms with van der Waals surface area (Å²) in [5.74, 6) is -25.2. The van der Waals surface area contributed by atoms with E-state index in [2.05, 4.69) is 4.74 Å². The molecule has 0 saturated carbocycles. The minimum absolute atomic E-state index is 0.331. The standard InChI is InChI=1S/C23H6F14O2/c1-39-21-7(23(35,36)37)3-5-9(15(27)19(31)17(29)13(5)25)11(21)10-8-4(2-6(20(10)38)22(32,33)34)12(24)16(28)18(30)14(8)26/h2-3,38H,1H3. The maximum atomic E-state index is 15.0. The summed E-state index contributed by atoms with van der Waals surface area (Å²) in [5.41, 5.74) is -8.56. The van der Waals surface area contributed by atoms with Gasteiger partial charge in [0.25, 0.3) is 0 Å². The fourth-order valence-electron chi connectivity index (χ4n) is 4.10. The van der Waals surface area contributed by atoms with Gasteiger partial charge < -0.3 is 9.84 Å². The van der Waals surface area contributed by atoms with Crippen LogP contribution in [-0.2, 0) is 12.4 Å². The average molecular weight is 580 g/mol. The molecule has 2 nitrogen and oxygen atoms in total. The Balaban J connectivity index is 2.52. The summed E-state index contributed by atoms with van der Waals surface area (Å²) in [6.07, 6.45) is -11.5. The van der Waals surface area contributed by atoms with Crippen molar-refractivity contribution in [3.8, 4) is 22.6 Å². The highest BCUT2D eigenvalue weighted by atomic mass is 19.4. The zero-order chi connectivity index (χ0) is 29.5. The molecule has 208 valence electrons. The fourth-order valence-corrected chi connectivity index (χ4v) is 4.10. The van der Waals surface area contributed by atoms with Gasteiger partial charge in [-0.05, 0) is 12.1 Å². The van der Waals surface area contributed by atoms with Crippen LogP contribution in [0.25, 0.3) is 32.7 Å². The first-order valence-corrected chi connectivity index (χ1v) is 9.89. The lowest BCUT2D eigenvalue weighted by molar-refractivity contribution is -0.139. The molecule has 0 unspecified atom stereocenters. The normalized spacial score (nSPS) is 12.6. The van der Waals surface area contributed by atoms with Gasteiger partial charge in [0.15, 0.2) is 46.5 Å². The molecule has 0 aliphatic rings. The fraction of sp³-hybridized carbons (Fsp3) is 0.130. The van der Waals surface area contributed by atoms with Crippen molar-refractivity contribution in [3.63, 3.8) is 0 Å². The average Bonchev–Trinajstić information content (AvgIpc) is 2.85. The molecule has 4 rings (SSSR count). The van der Waals surface area contributed by atoms with Crippen LogP contribution in [0.2, 0.25) is 0 Å². The molecular formula is C23H6F14O2. The molecule has 0 saturated heterocycles. The number of fused-ring (bicyclic) bond motifs is 2. The van der Waals surface area contributed by atoms with Crippen molar-refractivity contribution < 1.29 is 71.3 Å². The van der Waals surface area contributed by atoms with E-state index in [1.54, 1.807) is 0 Å². The van der Waals surface area contributed by atoms with Crippen molar-refractivity contribution in [2.45, 2.75) is 12.4 Å². The van der Waals surface area contributed by atoms with Gasteiger partial charge in [0.1, 0.15) is 11.5 Å². The van der Waals surface area contributed by atoms with E-state index in [4.69, 9.17) is 0 Å². The maximum absolute atomic E-state index is 15.0. The zero-order valence-electron chi connectivity index (χ0n) is 18.3. The van der Waals surface area contributed by atoms with Crippen LogP contribution >= 0.6 is 0 Å². The molecule has 0 heterocycles. The van der Waals surface area contributed by atoms with Crippen LogP contribution in [0.5, 0.6) is 11.5 Å². The minimum Gasteiger partial charge on any atom is -0.507 e. The summed E-state index contributed by atoms with van der Waals surface area (Å²) in [6.45, 7) is 0. The van der Waals surface area contributed by atoms with E-state index in [1.165, 1.54) is 0 Å². The number of hydrogen-bond acceptors (Lipinski definition) is 2. The maximum Gasteiger partial charge on any atom is 0.420 e. The molecule has 16 heteroatoms. The molecule has 0 fully saturated rings. The quantitative estimate of drug-likeness (QED) is 0.146. The first kappa shape index (κ1) is 28.0. The van der Waals surface area contributed by atoms with E-state index in [0.717, 1.165) is 0 Å². The van der Waals surface area contributed by atoms with Crippen LogP contribution < -0.4 is 4.74 Å². The molecule has 0 radical (unpaired) electrons. The number of phenols is 1. The molecule has 0 aromatic heterocycles. The number of ether oxygens (including phenoxy) is 1. The van der Waals surface area contributed by atoms with Gasteiger partial charge in [0, 0.05) is 32.7 Å². The summed E-state index contributed by atoms with van der Waals surface area (Å²) in [6, 6.07) is -0.767. The number of benzene rings is 4. The van der Waals surface area contributed by atoms with Crippen LogP contribution in [0.4, 0.5) is 61.5 Å². The zero-order valence-corrected chi connectivity index (χ0v) is 18.3. The molecule has 0 aliphatic carbocycles. The van der Waals surface area contributed by atoms with E-state index < -0.39 is 120 Å². The number of aromatic hydroxyl groups is 1. The van der Waals surface area contributed by atoms with Crippen molar-refractivity contribution in [2.75, 3.05) is 7.11 Å². The lowest BCUT2D eigenvalue weighted by Crippen LogP contribution is -2.12. The lowest BCUT2D eigenvalue weighted by atomic mass is 9.87. The number of methoxy groups -OCH3 is 1. The van der Waals surface area contributed by atoms with E-state index in [9.17, 15) is 66.6 Å². The summed E-state index contributed by atoms with van der Waals surface area (Å²) < 4.78 is 203. The summed E-state index contributed by atoms with van der Waals surface area (Å²) in [7, 11) is 0.373. The Morgan fingerprint density at radius 2 is 0.897 bits per heavy atom. The van der Waals surface area contributed by atoms with Crippen LogP contribution in [0.1, 0.15) is 11.1 Å². The van der Waals surface area contributed by atoms with Crippen LogP contribution in [-0.4, -0.2) is 12.2 Å². The van der Waals surface area contributed by atoms with Gasteiger partial charge in [-0.25, -0.2) is 35.1 Å². The molecule has 0 aliphatic heterocycles. The van der Waals surface area contributed by atoms with Crippen molar-refractivity contribution in [1.29, 1.82) is 0 Å². The summed E-state index contributed by atoms with van der Waals surface area (Å²) in [5, 5.41) is 3.08. The van der Waals surface area contributed by atoms with Crippen molar-refractivity contribution in [2.24, 2.45) is 0 Å². The molecule has 0 atom stereocenters. The molecule has 4 aromatic carbocycles. The third-order valence-electron chi connectivity index (χ3n) is 5.71. The van der Waals surface area contributed by atoms with Crippen molar-refractivity contribution in [3.05, 3.63) is 69.8 Å². The Morgan fingerprint density at radius 1 is 0.538 bits per heavy atom. The number of alkyl halides is 6. The third kappa shape index (κ3) is 3.95. The second kappa shape index (κ2) is 8.77. The number of halogens is 14. The van der Waals surface area contributed by atoms with E-state index >= 15 is 0 Å². The molecule has 0 spiro atoms. The summed E-state index contributed by atoms with van der Waals surface area (Å²) in [4.78, 5) is 0. The lowest BCUT2D eigenvalue weighted by Gasteiger charge is -2.23. The van der Waals surface area contributed by atoms with E-state index in [0.29, 0.717) is 7.11 Å². The number of hydrogen-bond donors (Lipinski definition) is 1. The Bertz CT molecular complexity index is 1700. The topological polar surface area (TPSA) is 29.5 Å². The number of phenolic OH excluding ortho intramolecular Hbond substituents is 1. The Morgan fingerprint density at radius 3 is 1.28 bits per heavy atom. The smallest absolute Gasteiger partial charge is 0.420 e. The highest BCUT2D eigenvalue weighted by Gasteiger charge is 2.42. The molecule has 1 N–H and O–H groups in total. The Labute approximate surface area is 205 Å². The van der Waals surface area contributed by atoms with Gasteiger partial charge in [0.2, 0.25) is 0 Å².